The summed E-state index contributed by atoms with van der Waals surface area (Å²) in [6.07, 6.45) is 0.225. The lowest BCUT2D eigenvalue weighted by molar-refractivity contribution is 0.706. The molecule has 242 valence electrons. The van der Waals surface area contributed by atoms with Gasteiger partial charge in [0.1, 0.15) is 0 Å². The number of H-pyrrole nitrogens is 1. The number of nitrogens with two attached hydrogens (primary N) is 2. The minimum absolute atomic E-state index is 0.00269. The quantitative estimate of drug-likeness (QED) is 0.122. The molecule has 5 aromatic heterocycles. The van der Waals surface area contributed by atoms with E-state index in [0.29, 0.717) is 18.1 Å². The van der Waals surface area contributed by atoms with Crippen LogP contribution in [-0.4, -0.2) is 124 Å². The van der Waals surface area contributed by atoms with Gasteiger partial charge in [0.15, 0.2) is 12.5 Å². The standard InChI is InChI=1S/C18H20N30/c1-3-23-35-13-29-12(37-38-13)30-14-39-43-18(44-40-14)48-10(20)28-16(46-48)36-25-6-24-34-11-22-5-7(26-11)4-8-31-41-17(42-32-8)47-9(19)27-15(45-47)33-21-2/h3-6H2,1-2H3,(H2,19,27,45)(H2,20,28,46)(H2,29,30,37,38,39,40). The topological polar surface area (TPSA) is 394 Å². The lowest BCUT2D eigenvalue weighted by atomic mass is 10.2. The van der Waals surface area contributed by atoms with E-state index in [1.165, 1.54) is 7.05 Å². The Morgan fingerprint density at radius 1 is 0.771 bits per heavy atom. The highest BCUT2D eigenvalue weighted by Crippen LogP contribution is 2.14. The van der Waals surface area contributed by atoms with Crippen molar-refractivity contribution >= 4 is 53.3 Å². The molecule has 6 N–H and O–H groups in total. The maximum Gasteiger partial charge on any atom is 0.292 e. The molecule has 0 saturated heterocycles. The number of rotatable bonds is 12. The molecule has 30 nitrogen and oxygen atoms in total. The van der Waals surface area contributed by atoms with Gasteiger partial charge in [-0.2, -0.15) is 44.8 Å². The molecule has 0 atom stereocenters. The number of guanidine groups is 1. The van der Waals surface area contributed by atoms with Crippen molar-refractivity contribution < 1.29 is 0 Å². The number of aromatic amines is 1. The Morgan fingerprint density at radius 2 is 1.44 bits per heavy atom. The van der Waals surface area contributed by atoms with Crippen LogP contribution in [0.3, 0.4) is 0 Å². The van der Waals surface area contributed by atoms with E-state index in [1.54, 1.807) is 0 Å². The number of nitrogen functional groups attached to an aromatic ring is 2. The van der Waals surface area contributed by atoms with Gasteiger partial charge in [0.2, 0.25) is 11.9 Å². The van der Waals surface area contributed by atoms with Crippen LogP contribution in [0.4, 0.5) is 41.6 Å². The first-order chi connectivity index (χ1) is 23.5. The molecule has 0 radical (unpaired) electrons. The molecular weight excluding hydrogens is 636 g/mol. The summed E-state index contributed by atoms with van der Waals surface area (Å²) in [5, 5.41) is 79.3. The molecule has 6 rings (SSSR count). The van der Waals surface area contributed by atoms with E-state index in [2.05, 4.69) is 132 Å². The van der Waals surface area contributed by atoms with Gasteiger partial charge in [-0.3, -0.25) is 5.32 Å². The van der Waals surface area contributed by atoms with Crippen LogP contribution in [-0.2, 0) is 6.42 Å². The minimum atomic E-state index is -0.174. The molecule has 0 fully saturated rings. The number of hydrogen-bond donors (Lipinski definition) is 4. The van der Waals surface area contributed by atoms with Gasteiger partial charge in [-0.05, 0) is 6.92 Å². The van der Waals surface area contributed by atoms with E-state index in [0.717, 1.165) is 9.36 Å². The van der Waals surface area contributed by atoms with Gasteiger partial charge in [-0.25, -0.2) is 15.1 Å². The molecule has 0 unspecified atom stereocenters. The lowest BCUT2D eigenvalue weighted by Gasteiger charge is -2.00. The van der Waals surface area contributed by atoms with E-state index in [1.807, 2.05) is 6.92 Å². The van der Waals surface area contributed by atoms with Crippen LogP contribution in [0.5, 0.6) is 0 Å². The predicted octanol–water partition coefficient (Wildman–Crippen LogP) is -0.602. The van der Waals surface area contributed by atoms with Crippen LogP contribution in [0.1, 0.15) is 12.7 Å². The van der Waals surface area contributed by atoms with Crippen LogP contribution >= 0.6 is 0 Å². The molecule has 30 heteroatoms. The third kappa shape index (κ3) is 7.38. The number of aromatic nitrogens is 17. The fourth-order valence-electron chi connectivity index (χ4n) is 3.37. The number of aliphatic imine (C=N–C) groups is 2. The van der Waals surface area contributed by atoms with Crippen LogP contribution in [0, 0.1) is 0 Å². The summed E-state index contributed by atoms with van der Waals surface area (Å²) < 4.78 is 2.21. The molecular formula is C18H20N30. The zero-order valence-corrected chi connectivity index (χ0v) is 24.6. The smallest absolute Gasteiger partial charge is 0.292 e. The summed E-state index contributed by atoms with van der Waals surface area (Å²) in [5.41, 5.74) is 12.3. The summed E-state index contributed by atoms with van der Waals surface area (Å²) in [4.78, 5) is 20.4. The van der Waals surface area contributed by atoms with Crippen molar-refractivity contribution in [1.82, 2.24) is 85.5 Å². The fourth-order valence-corrected chi connectivity index (χ4v) is 3.37. The number of nitrogens with one attached hydrogen (secondary N) is 2. The number of nitrogens with zero attached hydrogens (tertiary/aromatic N) is 26. The molecule has 0 amide bonds. The molecule has 0 aliphatic carbocycles. The minimum Gasteiger partial charge on any atom is -0.368 e. The van der Waals surface area contributed by atoms with Gasteiger partial charge < -0.3 is 11.5 Å². The van der Waals surface area contributed by atoms with E-state index >= 15 is 0 Å². The van der Waals surface area contributed by atoms with Crippen molar-refractivity contribution in [2.75, 3.05) is 43.6 Å². The van der Waals surface area contributed by atoms with Crippen LogP contribution in [0.15, 0.2) is 50.9 Å². The van der Waals surface area contributed by atoms with Gasteiger partial charge in [0.05, 0.1) is 25.2 Å². The molecule has 48 heavy (non-hydrogen) atoms. The van der Waals surface area contributed by atoms with Crippen LogP contribution < -0.4 is 16.8 Å². The molecule has 0 spiro atoms. The molecule has 0 aromatic carbocycles. The van der Waals surface area contributed by atoms with Gasteiger partial charge in [0.25, 0.3) is 47.6 Å². The number of anilines is 4. The second kappa shape index (κ2) is 14.0. The fraction of sp³-hybridized carbons (Fsp3) is 0.333. The first kappa shape index (κ1) is 30.5. The Balaban J connectivity index is 0.982. The summed E-state index contributed by atoms with van der Waals surface area (Å²) in [6.45, 7) is 2.42. The molecule has 1 aliphatic heterocycles. The highest BCUT2D eigenvalue weighted by molar-refractivity contribution is 6.03. The Hall–Kier alpha value is -7.56. The summed E-state index contributed by atoms with van der Waals surface area (Å²) in [6, 6.07) is 0. The maximum atomic E-state index is 5.90. The van der Waals surface area contributed by atoms with Gasteiger partial charge in [-0.15, -0.1) is 76.5 Å². The summed E-state index contributed by atoms with van der Waals surface area (Å²) >= 11 is 0. The average molecular weight is 657 g/mol. The van der Waals surface area contributed by atoms with Crippen molar-refractivity contribution in [2.24, 2.45) is 50.9 Å². The van der Waals surface area contributed by atoms with Crippen LogP contribution in [0.2, 0.25) is 0 Å². The second-order valence-corrected chi connectivity index (χ2v) is 8.56. The van der Waals surface area contributed by atoms with Crippen molar-refractivity contribution in [1.29, 1.82) is 0 Å². The Morgan fingerprint density at radius 3 is 2.12 bits per heavy atom. The lowest BCUT2D eigenvalue weighted by Crippen LogP contribution is -2.14. The zero-order chi connectivity index (χ0) is 33.3. The van der Waals surface area contributed by atoms with Crippen molar-refractivity contribution in [3.63, 3.8) is 0 Å². The molecule has 1 aliphatic rings. The third-order valence-electron chi connectivity index (χ3n) is 5.26. The maximum absolute atomic E-state index is 5.90. The van der Waals surface area contributed by atoms with E-state index < -0.39 is 0 Å². The average Bonchev–Trinajstić information content (AvgIpc) is 3.89. The monoisotopic (exact) mass is 656 g/mol. The van der Waals surface area contributed by atoms with E-state index in [-0.39, 0.29) is 79.1 Å². The number of hydrogen-bond acceptors (Lipinski definition) is 27. The highest BCUT2D eigenvalue weighted by atomic mass is 15.5. The summed E-state index contributed by atoms with van der Waals surface area (Å²) in [7, 11) is 1.47. The third-order valence-corrected chi connectivity index (χ3v) is 5.26. The molecule has 5 aromatic rings. The highest BCUT2D eigenvalue weighted by Gasteiger charge is 2.16. The SMILES string of the molecule is CCN=Nc1nc(Nc2nnc(-n3nc(N=NCN=NC4=NCC(Cc5nnc(-n6nc(N=NC)nc6N)nn5)=N4)nc3N)nn2)n[nH]1. The summed E-state index contributed by atoms with van der Waals surface area (Å²) in [5.74, 6) is 0.596. The normalized spacial score (nSPS) is 13.5. The Bertz CT molecular complexity index is 2040. The molecule has 6 heterocycles. The van der Waals surface area contributed by atoms with Crippen molar-refractivity contribution in [3.05, 3.63) is 5.82 Å². The predicted molar refractivity (Wildman–Crippen MR) is 157 cm³/mol. The Labute approximate surface area is 264 Å². The van der Waals surface area contributed by atoms with Crippen LogP contribution in [0.25, 0.3) is 11.9 Å². The van der Waals surface area contributed by atoms with Crippen molar-refractivity contribution in [2.45, 2.75) is 13.3 Å². The van der Waals surface area contributed by atoms with E-state index in [9.17, 15) is 0 Å². The molecule has 0 saturated carbocycles. The molecule has 0 bridgehead atoms. The Kier molecular flexibility index (Phi) is 8.91. The van der Waals surface area contributed by atoms with Gasteiger partial charge >= 0.3 is 0 Å². The first-order valence-corrected chi connectivity index (χ1v) is 13.3. The van der Waals surface area contributed by atoms with Gasteiger partial charge in [0, 0.05) is 7.05 Å². The second-order valence-electron chi connectivity index (χ2n) is 8.56. The van der Waals surface area contributed by atoms with E-state index in [4.69, 9.17) is 11.5 Å². The van der Waals surface area contributed by atoms with Crippen molar-refractivity contribution in [3.8, 4) is 11.9 Å². The number of azo groups is 4. The van der Waals surface area contributed by atoms with Gasteiger partial charge in [-0.1, -0.05) is 0 Å². The largest absolute Gasteiger partial charge is 0.368 e. The zero-order valence-electron chi connectivity index (χ0n) is 24.6. The first-order valence-electron chi connectivity index (χ1n) is 13.3.